The lowest BCUT2D eigenvalue weighted by Gasteiger charge is -1.97. The van der Waals surface area contributed by atoms with Crippen LogP contribution in [0.5, 0.6) is 0 Å². The van der Waals surface area contributed by atoms with Crippen molar-refractivity contribution in [3.05, 3.63) is 0 Å². The molecule has 0 heterocycles. The Morgan fingerprint density at radius 2 is 2.27 bits per heavy atom. The fraction of sp³-hybridized carbons (Fsp3) is 0.500. The molecule has 0 aromatic heterocycles. The summed E-state index contributed by atoms with van der Waals surface area (Å²) >= 11 is 0. The Labute approximate surface area is 66.4 Å². The molecule has 1 N–H and O–H groups in total. The fourth-order valence-electron chi connectivity index (χ4n) is 0.582. The first kappa shape index (κ1) is 9.52. The van der Waals surface area contributed by atoms with Gasteiger partial charge in [0.2, 0.25) is 0 Å². The van der Waals surface area contributed by atoms with E-state index in [4.69, 9.17) is 11.7 Å². The summed E-state index contributed by atoms with van der Waals surface area (Å²) in [7, 11) is 0. The predicted octanol–water partition coefficient (Wildman–Crippen LogP) is 0.430. The minimum absolute atomic E-state index is 0.387. The van der Waals surface area contributed by atoms with Gasteiger partial charge < -0.3 is 5.32 Å². The number of nitriles is 1. The highest BCUT2D eigenvalue weighted by atomic mass is 16.1. The van der Waals surface area contributed by atoms with Crippen LogP contribution in [-0.2, 0) is 4.79 Å². The molecule has 0 atom stereocenters. The average Bonchev–Trinajstić information content (AvgIpc) is 2.04. The van der Waals surface area contributed by atoms with Crippen molar-refractivity contribution >= 4 is 5.91 Å². The topological polar surface area (TPSA) is 52.9 Å². The van der Waals surface area contributed by atoms with Crippen LogP contribution < -0.4 is 5.32 Å². The number of nitrogens with one attached hydrogen (secondary N) is 1. The number of terminal acetylenes is 1. The van der Waals surface area contributed by atoms with Gasteiger partial charge >= 0.3 is 0 Å². The second kappa shape index (κ2) is 6.64. The van der Waals surface area contributed by atoms with Gasteiger partial charge in [-0.1, -0.05) is 0 Å². The molecule has 3 heteroatoms. The molecule has 0 spiro atoms. The largest absolute Gasteiger partial charge is 0.345 e. The van der Waals surface area contributed by atoms with Gasteiger partial charge in [0, 0.05) is 13.0 Å². The van der Waals surface area contributed by atoms with E-state index in [0.29, 0.717) is 13.0 Å². The van der Waals surface area contributed by atoms with Crippen LogP contribution in [0.25, 0.3) is 0 Å². The van der Waals surface area contributed by atoms with Gasteiger partial charge in [-0.3, -0.25) is 4.79 Å². The highest BCUT2D eigenvalue weighted by molar-refractivity contribution is 5.92. The number of carbonyl (C=O) groups is 1. The highest BCUT2D eigenvalue weighted by Crippen LogP contribution is 1.90. The SMILES string of the molecule is C#CC(=O)NCCCCC#N. The van der Waals surface area contributed by atoms with E-state index in [1.807, 2.05) is 12.0 Å². The standard InChI is InChI=1S/C8H10N2O/c1-2-8(11)10-7-5-3-4-6-9/h1H,3-5,7H2,(H,10,11). The third-order valence-corrected chi connectivity index (χ3v) is 1.13. The maximum Gasteiger partial charge on any atom is 0.295 e. The zero-order chi connectivity index (χ0) is 8.53. The molecule has 0 bridgehead atoms. The van der Waals surface area contributed by atoms with Crippen molar-refractivity contribution in [2.45, 2.75) is 19.3 Å². The molecule has 0 radical (unpaired) electrons. The molecule has 0 saturated heterocycles. The summed E-state index contributed by atoms with van der Waals surface area (Å²) in [5.74, 6) is 1.55. The molecule has 3 nitrogen and oxygen atoms in total. The highest BCUT2D eigenvalue weighted by Gasteiger charge is 1.92. The molecular formula is C8H10N2O. The summed E-state index contributed by atoms with van der Waals surface area (Å²) in [4.78, 5) is 10.4. The number of hydrogen-bond acceptors (Lipinski definition) is 2. The minimum atomic E-state index is -0.387. The maximum absolute atomic E-state index is 10.4. The van der Waals surface area contributed by atoms with E-state index in [-0.39, 0.29) is 5.91 Å². The summed E-state index contributed by atoms with van der Waals surface area (Å²) in [6, 6.07) is 2.02. The monoisotopic (exact) mass is 150 g/mol. The Kier molecular flexibility index (Phi) is 5.74. The van der Waals surface area contributed by atoms with Crippen LogP contribution in [0.4, 0.5) is 0 Å². The number of amides is 1. The van der Waals surface area contributed by atoms with Crippen molar-refractivity contribution in [1.82, 2.24) is 5.32 Å². The van der Waals surface area contributed by atoms with Crippen molar-refractivity contribution in [3.63, 3.8) is 0 Å². The van der Waals surface area contributed by atoms with Crippen LogP contribution in [0.2, 0.25) is 0 Å². The van der Waals surface area contributed by atoms with Gasteiger partial charge in [0.05, 0.1) is 6.07 Å². The van der Waals surface area contributed by atoms with Gasteiger partial charge in [0.25, 0.3) is 5.91 Å². The van der Waals surface area contributed by atoms with E-state index in [1.54, 1.807) is 0 Å². The zero-order valence-corrected chi connectivity index (χ0v) is 6.26. The first-order chi connectivity index (χ1) is 5.31. The molecular weight excluding hydrogens is 140 g/mol. The van der Waals surface area contributed by atoms with Crippen LogP contribution in [0.3, 0.4) is 0 Å². The van der Waals surface area contributed by atoms with Crippen molar-refractivity contribution < 1.29 is 4.79 Å². The summed E-state index contributed by atoms with van der Waals surface area (Å²) in [5, 5.41) is 10.7. The van der Waals surface area contributed by atoms with Crippen LogP contribution in [0.1, 0.15) is 19.3 Å². The second-order valence-corrected chi connectivity index (χ2v) is 2.02. The molecule has 58 valence electrons. The van der Waals surface area contributed by atoms with Crippen molar-refractivity contribution in [2.24, 2.45) is 0 Å². The molecule has 0 aromatic rings. The molecule has 0 rings (SSSR count). The quantitative estimate of drug-likeness (QED) is 0.466. The molecule has 0 saturated carbocycles. The van der Waals surface area contributed by atoms with E-state index < -0.39 is 0 Å². The van der Waals surface area contributed by atoms with Gasteiger partial charge in [-0.25, -0.2) is 0 Å². The van der Waals surface area contributed by atoms with E-state index in [2.05, 4.69) is 5.32 Å². The van der Waals surface area contributed by atoms with Gasteiger partial charge in [-0.2, -0.15) is 5.26 Å². The van der Waals surface area contributed by atoms with Gasteiger partial charge in [0.1, 0.15) is 0 Å². The third kappa shape index (κ3) is 6.40. The van der Waals surface area contributed by atoms with Gasteiger partial charge in [0.15, 0.2) is 0 Å². The lowest BCUT2D eigenvalue weighted by Crippen LogP contribution is -2.22. The Balaban J connectivity index is 3.11. The molecule has 11 heavy (non-hydrogen) atoms. The zero-order valence-electron chi connectivity index (χ0n) is 6.26. The van der Waals surface area contributed by atoms with E-state index in [0.717, 1.165) is 12.8 Å². The number of carbonyl (C=O) groups excluding carboxylic acids is 1. The van der Waals surface area contributed by atoms with Gasteiger partial charge in [-0.15, -0.1) is 6.42 Å². The van der Waals surface area contributed by atoms with Crippen molar-refractivity contribution in [2.75, 3.05) is 6.54 Å². The Hall–Kier alpha value is -1.48. The van der Waals surface area contributed by atoms with E-state index in [1.165, 1.54) is 0 Å². The second-order valence-electron chi connectivity index (χ2n) is 2.02. The number of hydrogen-bond donors (Lipinski definition) is 1. The third-order valence-electron chi connectivity index (χ3n) is 1.13. The molecule has 0 unspecified atom stereocenters. The summed E-state index contributed by atoms with van der Waals surface area (Å²) in [6.07, 6.45) is 6.95. The smallest absolute Gasteiger partial charge is 0.295 e. The molecule has 0 aliphatic heterocycles. The van der Waals surface area contributed by atoms with Crippen LogP contribution >= 0.6 is 0 Å². The summed E-state index contributed by atoms with van der Waals surface area (Å²) in [5.41, 5.74) is 0. The van der Waals surface area contributed by atoms with Crippen LogP contribution in [0.15, 0.2) is 0 Å². The first-order valence-corrected chi connectivity index (χ1v) is 3.42. The van der Waals surface area contributed by atoms with Gasteiger partial charge in [-0.05, 0) is 18.8 Å². The average molecular weight is 150 g/mol. The normalized spacial score (nSPS) is 7.82. The molecule has 0 aliphatic carbocycles. The summed E-state index contributed by atoms with van der Waals surface area (Å²) < 4.78 is 0. The fourth-order valence-corrected chi connectivity index (χ4v) is 0.582. The minimum Gasteiger partial charge on any atom is -0.345 e. The molecule has 0 fully saturated rings. The number of nitrogens with zero attached hydrogens (tertiary/aromatic N) is 1. The van der Waals surface area contributed by atoms with E-state index >= 15 is 0 Å². The van der Waals surface area contributed by atoms with Crippen LogP contribution in [-0.4, -0.2) is 12.5 Å². The maximum atomic E-state index is 10.4. The van der Waals surface area contributed by atoms with Crippen molar-refractivity contribution in [3.8, 4) is 18.4 Å². The molecule has 0 aliphatic rings. The Bertz CT molecular complexity index is 197. The summed E-state index contributed by atoms with van der Waals surface area (Å²) in [6.45, 7) is 0.560. The van der Waals surface area contributed by atoms with Crippen molar-refractivity contribution in [1.29, 1.82) is 5.26 Å². The lowest BCUT2D eigenvalue weighted by molar-refractivity contribution is -0.115. The Morgan fingerprint density at radius 3 is 2.82 bits per heavy atom. The number of rotatable bonds is 4. The molecule has 1 amide bonds. The lowest BCUT2D eigenvalue weighted by atomic mass is 10.2. The first-order valence-electron chi connectivity index (χ1n) is 3.42. The predicted molar refractivity (Wildman–Crippen MR) is 41.3 cm³/mol. The number of unbranched alkanes of at least 4 members (excludes halogenated alkanes) is 2. The van der Waals surface area contributed by atoms with E-state index in [9.17, 15) is 4.79 Å². The Morgan fingerprint density at radius 1 is 1.55 bits per heavy atom. The van der Waals surface area contributed by atoms with Crippen LogP contribution in [0, 0.1) is 23.7 Å². The molecule has 0 aromatic carbocycles.